The number of rotatable bonds is 12. The molecule has 0 bridgehead atoms. The van der Waals surface area contributed by atoms with Crippen molar-refractivity contribution < 1.29 is 14.3 Å². The standard InChI is InChI=1S/C31H38BrClN6O3/c1-5-41-29-15-24-21(12-26(29)37-30(40)9-7-11-39(3)4)31(20(16-34)17-36-24)38-25-14-23(33)28(13-22(25)32)42-18-27-19(2)8-6-10-35-27/h12-15,17,19,27,35H,5-11,18H2,1-4H3,(H,36,38)(H,37,40). The van der Waals surface area contributed by atoms with E-state index in [1.54, 1.807) is 18.2 Å². The fraction of sp³-hybridized carbons (Fsp3) is 0.452. The average molecular weight is 658 g/mol. The molecule has 2 heterocycles. The van der Waals surface area contributed by atoms with Gasteiger partial charge in [0.2, 0.25) is 5.91 Å². The van der Waals surface area contributed by atoms with Crippen LogP contribution in [0.15, 0.2) is 34.9 Å². The molecule has 0 radical (unpaired) electrons. The molecule has 3 N–H and O–H groups in total. The molecule has 3 aromatic rings. The number of benzene rings is 2. The van der Waals surface area contributed by atoms with Crippen LogP contribution < -0.4 is 25.4 Å². The van der Waals surface area contributed by atoms with Crippen molar-refractivity contribution in [2.24, 2.45) is 5.92 Å². The predicted molar refractivity (Wildman–Crippen MR) is 172 cm³/mol. The molecular formula is C31H38BrClN6O3. The van der Waals surface area contributed by atoms with Gasteiger partial charge in [-0.15, -0.1) is 0 Å². The Balaban J connectivity index is 1.63. The second-order valence-electron chi connectivity index (χ2n) is 10.8. The van der Waals surface area contributed by atoms with Crippen molar-refractivity contribution >= 4 is 61.4 Å². The molecule has 4 rings (SSSR count). The van der Waals surface area contributed by atoms with E-state index in [9.17, 15) is 10.1 Å². The van der Waals surface area contributed by atoms with Crippen LogP contribution in [-0.4, -0.2) is 62.2 Å². The van der Waals surface area contributed by atoms with Crippen molar-refractivity contribution in [2.75, 3.05) is 51.0 Å². The highest BCUT2D eigenvalue weighted by Crippen LogP contribution is 2.40. The van der Waals surface area contributed by atoms with E-state index in [0.29, 0.717) is 75.6 Å². The first-order chi connectivity index (χ1) is 20.2. The first-order valence-electron chi connectivity index (χ1n) is 14.3. The Morgan fingerprint density at radius 1 is 1.24 bits per heavy atom. The maximum Gasteiger partial charge on any atom is 0.224 e. The van der Waals surface area contributed by atoms with E-state index in [2.05, 4.69) is 49.9 Å². The molecule has 1 aliphatic rings. The number of piperidine rings is 1. The van der Waals surface area contributed by atoms with Gasteiger partial charge in [-0.25, -0.2) is 0 Å². The van der Waals surface area contributed by atoms with E-state index in [-0.39, 0.29) is 11.9 Å². The predicted octanol–water partition coefficient (Wildman–Crippen LogP) is 6.71. The van der Waals surface area contributed by atoms with E-state index in [4.69, 9.17) is 21.1 Å². The molecule has 1 aliphatic heterocycles. The molecule has 0 saturated carbocycles. The summed E-state index contributed by atoms with van der Waals surface area (Å²) in [5, 5.41) is 20.9. The fourth-order valence-electron chi connectivity index (χ4n) is 4.97. The number of carbonyl (C=O) groups is 1. The van der Waals surface area contributed by atoms with E-state index in [0.717, 1.165) is 24.0 Å². The van der Waals surface area contributed by atoms with Crippen LogP contribution in [0, 0.1) is 17.2 Å². The molecule has 0 spiro atoms. The molecule has 2 aromatic carbocycles. The Morgan fingerprint density at radius 2 is 2.05 bits per heavy atom. The molecule has 1 saturated heterocycles. The monoisotopic (exact) mass is 656 g/mol. The third kappa shape index (κ3) is 8.04. The Bertz CT molecular complexity index is 1460. The van der Waals surface area contributed by atoms with Crippen LogP contribution >= 0.6 is 27.5 Å². The second kappa shape index (κ2) is 14.9. The maximum atomic E-state index is 12.8. The number of aromatic nitrogens is 1. The summed E-state index contributed by atoms with van der Waals surface area (Å²) in [6.07, 6.45) is 4.98. The summed E-state index contributed by atoms with van der Waals surface area (Å²) in [5.41, 5.74) is 2.67. The van der Waals surface area contributed by atoms with E-state index in [1.165, 1.54) is 19.0 Å². The van der Waals surface area contributed by atoms with Crippen LogP contribution in [0.3, 0.4) is 0 Å². The number of nitrogens with one attached hydrogen (secondary N) is 3. The highest BCUT2D eigenvalue weighted by atomic mass is 79.9. The van der Waals surface area contributed by atoms with Crippen LogP contribution in [0.4, 0.5) is 17.1 Å². The Morgan fingerprint density at radius 3 is 2.76 bits per heavy atom. The number of fused-ring (bicyclic) bond motifs is 1. The van der Waals surface area contributed by atoms with Gasteiger partial charge in [-0.3, -0.25) is 9.78 Å². The van der Waals surface area contributed by atoms with Crippen LogP contribution in [-0.2, 0) is 4.79 Å². The van der Waals surface area contributed by atoms with Gasteiger partial charge in [-0.2, -0.15) is 5.26 Å². The summed E-state index contributed by atoms with van der Waals surface area (Å²) in [4.78, 5) is 19.3. The molecule has 42 heavy (non-hydrogen) atoms. The number of nitriles is 1. The zero-order valence-electron chi connectivity index (χ0n) is 24.5. The van der Waals surface area contributed by atoms with Gasteiger partial charge in [0, 0.05) is 34.6 Å². The number of amides is 1. The van der Waals surface area contributed by atoms with Gasteiger partial charge in [0.1, 0.15) is 24.2 Å². The Hall–Kier alpha value is -3.10. The molecule has 1 aromatic heterocycles. The fourth-order valence-corrected chi connectivity index (χ4v) is 5.61. The third-order valence-corrected chi connectivity index (χ3v) is 8.25. The lowest BCUT2D eigenvalue weighted by atomic mass is 9.93. The minimum Gasteiger partial charge on any atom is -0.492 e. The van der Waals surface area contributed by atoms with Crippen molar-refractivity contribution in [3.8, 4) is 17.6 Å². The maximum absolute atomic E-state index is 12.8. The van der Waals surface area contributed by atoms with Crippen molar-refractivity contribution in [1.29, 1.82) is 5.26 Å². The Kier molecular flexibility index (Phi) is 11.3. The summed E-state index contributed by atoms with van der Waals surface area (Å²) in [6.45, 7) is 6.87. The van der Waals surface area contributed by atoms with Crippen LogP contribution in [0.5, 0.6) is 11.5 Å². The second-order valence-corrected chi connectivity index (χ2v) is 12.1. The summed E-state index contributed by atoms with van der Waals surface area (Å²) in [7, 11) is 3.95. The molecule has 0 aliphatic carbocycles. The lowest BCUT2D eigenvalue weighted by molar-refractivity contribution is -0.116. The zero-order valence-corrected chi connectivity index (χ0v) is 26.9. The van der Waals surface area contributed by atoms with Gasteiger partial charge in [0.05, 0.1) is 39.8 Å². The van der Waals surface area contributed by atoms with E-state index < -0.39 is 0 Å². The van der Waals surface area contributed by atoms with Gasteiger partial charge in [-0.05, 0) is 93.4 Å². The van der Waals surface area contributed by atoms with Gasteiger partial charge < -0.3 is 30.3 Å². The number of pyridine rings is 1. The lowest BCUT2D eigenvalue weighted by Gasteiger charge is -2.30. The van der Waals surface area contributed by atoms with E-state index in [1.807, 2.05) is 32.0 Å². The summed E-state index contributed by atoms with van der Waals surface area (Å²) in [6, 6.07) is 9.68. The summed E-state index contributed by atoms with van der Waals surface area (Å²) < 4.78 is 12.7. The number of ether oxygens (including phenoxy) is 2. The van der Waals surface area contributed by atoms with Gasteiger partial charge in [-0.1, -0.05) is 18.5 Å². The first-order valence-corrected chi connectivity index (χ1v) is 15.4. The smallest absolute Gasteiger partial charge is 0.224 e. The highest BCUT2D eigenvalue weighted by molar-refractivity contribution is 9.10. The number of halogens is 2. The van der Waals surface area contributed by atoms with Crippen molar-refractivity contribution in [2.45, 2.75) is 45.6 Å². The minimum absolute atomic E-state index is 0.112. The van der Waals surface area contributed by atoms with Crippen molar-refractivity contribution in [3.63, 3.8) is 0 Å². The molecule has 224 valence electrons. The minimum atomic E-state index is -0.112. The van der Waals surface area contributed by atoms with E-state index >= 15 is 0 Å². The van der Waals surface area contributed by atoms with Gasteiger partial charge in [0.15, 0.2) is 0 Å². The average Bonchev–Trinajstić information content (AvgIpc) is 2.95. The lowest BCUT2D eigenvalue weighted by Crippen LogP contribution is -2.44. The van der Waals surface area contributed by atoms with Crippen LogP contribution in [0.2, 0.25) is 5.02 Å². The zero-order chi connectivity index (χ0) is 30.2. The molecular weight excluding hydrogens is 620 g/mol. The number of nitrogens with zero attached hydrogens (tertiary/aromatic N) is 3. The van der Waals surface area contributed by atoms with Crippen LogP contribution in [0.1, 0.15) is 45.1 Å². The van der Waals surface area contributed by atoms with Crippen molar-refractivity contribution in [1.82, 2.24) is 15.2 Å². The Labute approximate surface area is 261 Å². The number of hydrogen-bond acceptors (Lipinski definition) is 8. The quantitative estimate of drug-likeness (QED) is 0.197. The molecule has 9 nitrogen and oxygen atoms in total. The summed E-state index contributed by atoms with van der Waals surface area (Å²) >= 11 is 10.3. The van der Waals surface area contributed by atoms with Crippen molar-refractivity contribution in [3.05, 3.63) is 45.5 Å². The third-order valence-electron chi connectivity index (χ3n) is 7.30. The summed E-state index contributed by atoms with van der Waals surface area (Å²) in [5.74, 6) is 1.51. The number of anilines is 3. The normalized spacial score (nSPS) is 16.7. The SMILES string of the molecule is CCOc1cc2ncc(C#N)c(Nc3cc(Cl)c(OCC4NCCCC4C)cc3Br)c2cc1NC(=O)CCCN(C)C. The van der Waals surface area contributed by atoms with Crippen LogP contribution in [0.25, 0.3) is 10.9 Å². The number of carbonyl (C=O) groups excluding carboxylic acids is 1. The molecule has 2 atom stereocenters. The molecule has 2 unspecified atom stereocenters. The van der Waals surface area contributed by atoms with Gasteiger partial charge >= 0.3 is 0 Å². The molecule has 11 heteroatoms. The van der Waals surface area contributed by atoms with Gasteiger partial charge in [0.25, 0.3) is 0 Å². The first kappa shape index (κ1) is 31.8. The molecule has 1 fully saturated rings. The number of hydrogen-bond donors (Lipinski definition) is 3. The largest absolute Gasteiger partial charge is 0.492 e. The topological polar surface area (TPSA) is 112 Å². The molecule has 1 amide bonds. The highest BCUT2D eigenvalue weighted by Gasteiger charge is 2.22.